The van der Waals surface area contributed by atoms with Crippen LogP contribution in [0.1, 0.15) is 26.7 Å². The van der Waals surface area contributed by atoms with E-state index in [1.807, 2.05) is 4.57 Å². The number of hydrogen-bond acceptors (Lipinski definition) is 5. The average molecular weight is 249 g/mol. The van der Waals surface area contributed by atoms with E-state index in [2.05, 4.69) is 28.8 Å². The molecule has 2 N–H and O–H groups in total. The van der Waals surface area contributed by atoms with Crippen LogP contribution in [-0.2, 0) is 6.54 Å². The van der Waals surface area contributed by atoms with Gasteiger partial charge in [-0.05, 0) is 5.92 Å². The number of anilines is 1. The van der Waals surface area contributed by atoms with E-state index in [4.69, 9.17) is 10.5 Å². The van der Waals surface area contributed by atoms with Crippen molar-refractivity contribution in [2.24, 2.45) is 5.92 Å². The van der Waals surface area contributed by atoms with Crippen LogP contribution in [0.4, 0.5) is 5.95 Å². The Balaban J connectivity index is 2.47. The number of imidazole rings is 1. The predicted molar refractivity (Wildman–Crippen MR) is 70.4 cm³/mol. The molecule has 18 heavy (non-hydrogen) atoms. The minimum Gasteiger partial charge on any atom is -0.479 e. The summed E-state index contributed by atoms with van der Waals surface area (Å²) in [6.45, 7) is 5.19. The molecule has 2 rings (SSSR count). The highest BCUT2D eigenvalue weighted by molar-refractivity contribution is 5.78. The molecule has 98 valence electrons. The summed E-state index contributed by atoms with van der Waals surface area (Å²) >= 11 is 0. The van der Waals surface area contributed by atoms with E-state index in [1.165, 1.54) is 6.33 Å². The summed E-state index contributed by atoms with van der Waals surface area (Å²) < 4.78 is 7.11. The molecule has 2 aromatic heterocycles. The number of nitrogens with two attached hydrogens (primary N) is 1. The third-order valence-corrected chi connectivity index (χ3v) is 3.32. The number of rotatable bonds is 5. The molecule has 0 aliphatic heterocycles. The summed E-state index contributed by atoms with van der Waals surface area (Å²) in [6, 6.07) is 0. The molecule has 0 unspecified atom stereocenters. The fraction of sp³-hybridized carbons (Fsp3) is 0.583. The van der Waals surface area contributed by atoms with Crippen molar-refractivity contribution in [2.45, 2.75) is 33.2 Å². The number of nitrogen functional groups attached to an aromatic ring is 1. The number of methoxy groups -OCH3 is 1. The van der Waals surface area contributed by atoms with Crippen LogP contribution >= 0.6 is 0 Å². The van der Waals surface area contributed by atoms with Gasteiger partial charge in [0.1, 0.15) is 6.33 Å². The van der Waals surface area contributed by atoms with Crippen molar-refractivity contribution in [3.05, 3.63) is 6.33 Å². The Labute approximate surface area is 106 Å². The third kappa shape index (κ3) is 2.10. The lowest BCUT2D eigenvalue weighted by Crippen LogP contribution is -2.12. The van der Waals surface area contributed by atoms with Crippen molar-refractivity contribution < 1.29 is 4.74 Å². The van der Waals surface area contributed by atoms with Gasteiger partial charge in [-0.15, -0.1) is 0 Å². The summed E-state index contributed by atoms with van der Waals surface area (Å²) in [6.07, 6.45) is 3.70. The lowest BCUT2D eigenvalue weighted by Gasteiger charge is -2.14. The summed E-state index contributed by atoms with van der Waals surface area (Å²) in [5, 5.41) is 0. The van der Waals surface area contributed by atoms with Crippen LogP contribution in [-0.4, -0.2) is 26.6 Å². The van der Waals surface area contributed by atoms with Crippen LogP contribution < -0.4 is 10.5 Å². The zero-order chi connectivity index (χ0) is 13.1. The SMILES string of the molecule is CCC(CC)Cn1c(N)nc2c(OC)ncnc21. The Morgan fingerprint density at radius 2 is 2.06 bits per heavy atom. The molecule has 0 aromatic carbocycles. The highest BCUT2D eigenvalue weighted by Gasteiger charge is 2.16. The summed E-state index contributed by atoms with van der Waals surface area (Å²) in [4.78, 5) is 12.6. The van der Waals surface area contributed by atoms with Crippen LogP contribution in [0, 0.1) is 5.92 Å². The van der Waals surface area contributed by atoms with Crippen LogP contribution in [0.3, 0.4) is 0 Å². The summed E-state index contributed by atoms with van der Waals surface area (Å²) in [7, 11) is 1.57. The molecule has 0 atom stereocenters. The molecule has 0 amide bonds. The van der Waals surface area contributed by atoms with Gasteiger partial charge >= 0.3 is 0 Å². The molecule has 2 heterocycles. The highest BCUT2D eigenvalue weighted by atomic mass is 16.5. The zero-order valence-electron chi connectivity index (χ0n) is 11.1. The molecule has 0 bridgehead atoms. The molecular weight excluding hydrogens is 230 g/mol. The molecule has 0 spiro atoms. The van der Waals surface area contributed by atoms with Gasteiger partial charge in [0.25, 0.3) is 0 Å². The van der Waals surface area contributed by atoms with Crippen molar-refractivity contribution in [1.29, 1.82) is 0 Å². The van der Waals surface area contributed by atoms with Gasteiger partial charge in [0.15, 0.2) is 11.2 Å². The van der Waals surface area contributed by atoms with E-state index in [9.17, 15) is 0 Å². The van der Waals surface area contributed by atoms with Crippen LogP contribution in [0.25, 0.3) is 11.2 Å². The van der Waals surface area contributed by atoms with E-state index in [-0.39, 0.29) is 0 Å². The molecule has 6 nitrogen and oxygen atoms in total. The second-order valence-electron chi connectivity index (χ2n) is 4.32. The Morgan fingerprint density at radius 1 is 1.33 bits per heavy atom. The molecule has 0 aliphatic rings. The van der Waals surface area contributed by atoms with E-state index < -0.39 is 0 Å². The molecule has 6 heteroatoms. The topological polar surface area (TPSA) is 78.9 Å². The highest BCUT2D eigenvalue weighted by Crippen LogP contribution is 2.24. The Morgan fingerprint density at radius 3 is 2.67 bits per heavy atom. The quantitative estimate of drug-likeness (QED) is 0.874. The molecule has 0 saturated heterocycles. The molecule has 0 saturated carbocycles. The maximum atomic E-state index is 5.96. The minimum absolute atomic E-state index is 0.468. The first kappa shape index (κ1) is 12.6. The van der Waals surface area contributed by atoms with E-state index in [0.29, 0.717) is 23.3 Å². The second-order valence-corrected chi connectivity index (χ2v) is 4.32. The van der Waals surface area contributed by atoms with Gasteiger partial charge in [-0.25, -0.2) is 9.97 Å². The van der Waals surface area contributed by atoms with Crippen LogP contribution in [0.2, 0.25) is 0 Å². The van der Waals surface area contributed by atoms with Gasteiger partial charge in [0.2, 0.25) is 11.8 Å². The smallest absolute Gasteiger partial charge is 0.245 e. The molecule has 0 fully saturated rings. The average Bonchev–Trinajstić information content (AvgIpc) is 2.71. The van der Waals surface area contributed by atoms with Crippen LogP contribution in [0.5, 0.6) is 5.88 Å². The van der Waals surface area contributed by atoms with Crippen molar-refractivity contribution in [1.82, 2.24) is 19.5 Å². The Bertz CT molecular complexity index is 532. The molecule has 0 radical (unpaired) electrons. The number of ether oxygens (including phenoxy) is 1. The van der Waals surface area contributed by atoms with Gasteiger partial charge in [0, 0.05) is 6.54 Å². The van der Waals surface area contributed by atoms with Crippen LogP contribution in [0.15, 0.2) is 6.33 Å². The number of fused-ring (bicyclic) bond motifs is 1. The first-order valence-corrected chi connectivity index (χ1v) is 6.21. The van der Waals surface area contributed by atoms with Crippen molar-refractivity contribution in [2.75, 3.05) is 12.8 Å². The lowest BCUT2D eigenvalue weighted by molar-refractivity contribution is 0.401. The van der Waals surface area contributed by atoms with Crippen molar-refractivity contribution in [3.8, 4) is 5.88 Å². The lowest BCUT2D eigenvalue weighted by atomic mass is 10.0. The Hall–Kier alpha value is -1.85. The monoisotopic (exact) mass is 249 g/mol. The maximum Gasteiger partial charge on any atom is 0.245 e. The summed E-state index contributed by atoms with van der Waals surface area (Å²) in [5.74, 6) is 1.51. The fourth-order valence-corrected chi connectivity index (χ4v) is 2.07. The van der Waals surface area contributed by atoms with Gasteiger partial charge in [-0.2, -0.15) is 4.98 Å². The molecule has 2 aromatic rings. The largest absolute Gasteiger partial charge is 0.479 e. The summed E-state index contributed by atoms with van der Waals surface area (Å²) in [5.41, 5.74) is 7.33. The van der Waals surface area contributed by atoms with Crippen molar-refractivity contribution in [3.63, 3.8) is 0 Å². The van der Waals surface area contributed by atoms with E-state index in [0.717, 1.165) is 25.0 Å². The number of aromatic nitrogens is 4. The van der Waals surface area contributed by atoms with Gasteiger partial charge in [-0.3, -0.25) is 4.57 Å². The molecular formula is C12H19N5O. The molecule has 0 aliphatic carbocycles. The third-order valence-electron chi connectivity index (χ3n) is 3.32. The van der Waals surface area contributed by atoms with E-state index in [1.54, 1.807) is 7.11 Å². The maximum absolute atomic E-state index is 5.96. The van der Waals surface area contributed by atoms with Crippen molar-refractivity contribution >= 4 is 17.1 Å². The first-order chi connectivity index (χ1) is 8.71. The Kier molecular flexibility index (Phi) is 3.64. The minimum atomic E-state index is 0.468. The fourth-order valence-electron chi connectivity index (χ4n) is 2.07. The normalized spacial score (nSPS) is 11.3. The predicted octanol–water partition coefficient (Wildman–Crippen LogP) is 1.85. The van der Waals surface area contributed by atoms with Gasteiger partial charge in [0.05, 0.1) is 7.11 Å². The number of nitrogens with zero attached hydrogens (tertiary/aromatic N) is 4. The van der Waals surface area contributed by atoms with Gasteiger partial charge < -0.3 is 10.5 Å². The van der Waals surface area contributed by atoms with E-state index >= 15 is 0 Å². The van der Waals surface area contributed by atoms with Gasteiger partial charge in [-0.1, -0.05) is 26.7 Å². The second kappa shape index (κ2) is 5.20. The number of hydrogen-bond donors (Lipinski definition) is 1. The first-order valence-electron chi connectivity index (χ1n) is 6.21. The standard InChI is InChI=1S/C12H19N5O/c1-4-8(5-2)6-17-10-9(16-12(17)13)11(18-3)15-7-14-10/h7-8H,4-6H2,1-3H3,(H2,13,16). The zero-order valence-corrected chi connectivity index (χ0v) is 11.1.